The molecule has 1 aliphatic carbocycles. The molecule has 1 saturated carbocycles. The predicted molar refractivity (Wildman–Crippen MR) is 97.9 cm³/mol. The van der Waals surface area contributed by atoms with Crippen LogP contribution in [0.4, 0.5) is 8.78 Å². The molecule has 0 saturated heterocycles. The highest BCUT2D eigenvalue weighted by molar-refractivity contribution is 5.79. The van der Waals surface area contributed by atoms with Crippen LogP contribution in [0.3, 0.4) is 0 Å². The Hall–Kier alpha value is -2.44. The van der Waals surface area contributed by atoms with Gasteiger partial charge in [-0.3, -0.25) is 9.67 Å². The summed E-state index contributed by atoms with van der Waals surface area (Å²) < 4.78 is 30.6. The van der Waals surface area contributed by atoms with Crippen molar-refractivity contribution >= 4 is 5.96 Å². The predicted octanol–water partition coefficient (Wildman–Crippen LogP) is 2.88. The van der Waals surface area contributed by atoms with Crippen LogP contribution in [-0.4, -0.2) is 29.3 Å². The molecule has 26 heavy (non-hydrogen) atoms. The first kappa shape index (κ1) is 18.4. The average Bonchev–Trinajstić information content (AvgIpc) is 3.25. The van der Waals surface area contributed by atoms with Crippen molar-refractivity contribution in [3.63, 3.8) is 0 Å². The molecular weight excluding hydrogens is 336 g/mol. The zero-order chi connectivity index (χ0) is 18.6. The summed E-state index contributed by atoms with van der Waals surface area (Å²) in [6, 6.07) is 6.02. The Morgan fingerprint density at radius 2 is 1.88 bits per heavy atom. The van der Waals surface area contributed by atoms with Crippen molar-refractivity contribution in [3.8, 4) is 0 Å². The number of guanidine groups is 1. The number of aromatic nitrogens is 2. The fourth-order valence-electron chi connectivity index (χ4n) is 3.79. The second-order valence-corrected chi connectivity index (χ2v) is 6.81. The first-order valence-corrected chi connectivity index (χ1v) is 8.92. The Bertz CT molecular complexity index is 758. The zero-order valence-electron chi connectivity index (χ0n) is 15.2. The Kier molecular flexibility index (Phi) is 5.54. The second kappa shape index (κ2) is 7.85. The molecule has 1 fully saturated rings. The molecule has 2 N–H and O–H groups in total. The lowest BCUT2D eigenvalue weighted by Gasteiger charge is -2.31. The molecule has 5 nitrogen and oxygen atoms in total. The van der Waals surface area contributed by atoms with Crippen LogP contribution in [0.2, 0.25) is 0 Å². The summed E-state index contributed by atoms with van der Waals surface area (Å²) in [6.07, 6.45) is 5.20. The maximum absolute atomic E-state index is 14.4. The van der Waals surface area contributed by atoms with E-state index in [9.17, 15) is 8.78 Å². The first-order valence-electron chi connectivity index (χ1n) is 8.92. The molecular formula is C19H25F2N5. The second-order valence-electron chi connectivity index (χ2n) is 6.81. The van der Waals surface area contributed by atoms with Gasteiger partial charge in [0, 0.05) is 37.8 Å². The molecule has 0 aliphatic heterocycles. The van der Waals surface area contributed by atoms with E-state index in [2.05, 4.69) is 20.7 Å². The highest BCUT2D eigenvalue weighted by Crippen LogP contribution is 2.42. The normalized spacial score (nSPS) is 16.7. The van der Waals surface area contributed by atoms with Gasteiger partial charge in [0.15, 0.2) is 5.96 Å². The number of hydrogen-bond donors (Lipinski definition) is 2. The molecule has 0 atom stereocenters. The van der Waals surface area contributed by atoms with Gasteiger partial charge >= 0.3 is 0 Å². The summed E-state index contributed by atoms with van der Waals surface area (Å²) >= 11 is 0. The van der Waals surface area contributed by atoms with E-state index in [0.717, 1.165) is 31.4 Å². The van der Waals surface area contributed by atoms with Gasteiger partial charge in [-0.25, -0.2) is 8.78 Å². The Morgan fingerprint density at radius 3 is 2.46 bits per heavy atom. The number of aliphatic imine (C=N–C) groups is 1. The minimum Gasteiger partial charge on any atom is -0.356 e. The van der Waals surface area contributed by atoms with Crippen LogP contribution in [0.5, 0.6) is 0 Å². The van der Waals surface area contributed by atoms with E-state index in [1.165, 1.54) is 18.2 Å². The quantitative estimate of drug-likeness (QED) is 0.636. The van der Waals surface area contributed by atoms with E-state index in [4.69, 9.17) is 0 Å². The van der Waals surface area contributed by atoms with Gasteiger partial charge in [0.2, 0.25) is 0 Å². The van der Waals surface area contributed by atoms with E-state index in [-0.39, 0.29) is 5.56 Å². The highest BCUT2D eigenvalue weighted by Gasteiger charge is 2.39. The van der Waals surface area contributed by atoms with Crippen molar-refractivity contribution in [3.05, 3.63) is 53.4 Å². The van der Waals surface area contributed by atoms with Crippen LogP contribution in [0.15, 0.2) is 35.5 Å². The zero-order valence-corrected chi connectivity index (χ0v) is 15.2. The number of halogens is 2. The molecule has 3 rings (SSSR count). The van der Waals surface area contributed by atoms with Crippen LogP contribution < -0.4 is 10.6 Å². The van der Waals surface area contributed by atoms with Crippen LogP contribution in [0.25, 0.3) is 0 Å². The van der Waals surface area contributed by atoms with Crippen LogP contribution in [0, 0.1) is 11.6 Å². The van der Waals surface area contributed by atoms with Crippen LogP contribution >= 0.6 is 0 Å². The lowest BCUT2D eigenvalue weighted by atomic mass is 9.78. The first-order chi connectivity index (χ1) is 12.6. The van der Waals surface area contributed by atoms with Gasteiger partial charge in [0.25, 0.3) is 0 Å². The number of benzene rings is 1. The molecule has 0 amide bonds. The number of rotatable bonds is 5. The van der Waals surface area contributed by atoms with E-state index in [1.54, 1.807) is 17.9 Å². The van der Waals surface area contributed by atoms with Crippen molar-refractivity contribution in [1.29, 1.82) is 0 Å². The summed E-state index contributed by atoms with van der Waals surface area (Å²) in [5, 5.41) is 10.6. The summed E-state index contributed by atoms with van der Waals surface area (Å²) in [7, 11) is 3.56. The number of nitrogens with one attached hydrogen (secondary N) is 2. The van der Waals surface area contributed by atoms with Gasteiger partial charge in [0.1, 0.15) is 11.6 Å². The van der Waals surface area contributed by atoms with E-state index in [0.29, 0.717) is 19.0 Å². The van der Waals surface area contributed by atoms with Gasteiger partial charge in [-0.05, 0) is 31.0 Å². The van der Waals surface area contributed by atoms with E-state index >= 15 is 0 Å². The van der Waals surface area contributed by atoms with Crippen molar-refractivity contribution in [2.24, 2.45) is 12.0 Å². The molecule has 2 aromatic rings. The molecule has 1 heterocycles. The standard InChI is InChI=1S/C19H25F2N5/c1-22-18(23-12-14-8-11-25-26(14)2)24-13-19(9-3-4-10-19)17-15(20)6-5-7-16(17)21/h5-8,11H,3-4,9-10,12-13H2,1-2H3,(H2,22,23,24). The van der Waals surface area contributed by atoms with Gasteiger partial charge in [-0.15, -0.1) is 0 Å². The molecule has 0 unspecified atom stereocenters. The third kappa shape index (κ3) is 3.71. The minimum atomic E-state index is -0.542. The molecule has 1 aromatic carbocycles. The SMILES string of the molecule is CN=C(NCc1ccnn1C)NCC1(c2c(F)cccc2F)CCCC1. The van der Waals surface area contributed by atoms with Crippen molar-refractivity contribution < 1.29 is 8.78 Å². The van der Waals surface area contributed by atoms with E-state index in [1.807, 2.05) is 13.1 Å². The molecule has 0 bridgehead atoms. The molecule has 140 valence electrons. The summed E-state index contributed by atoms with van der Waals surface area (Å²) in [6.45, 7) is 1.01. The maximum Gasteiger partial charge on any atom is 0.191 e. The fourth-order valence-corrected chi connectivity index (χ4v) is 3.79. The summed E-state index contributed by atoms with van der Waals surface area (Å²) in [4.78, 5) is 4.23. The monoisotopic (exact) mass is 361 g/mol. The molecule has 7 heteroatoms. The topological polar surface area (TPSA) is 54.2 Å². The number of hydrogen-bond acceptors (Lipinski definition) is 2. The largest absolute Gasteiger partial charge is 0.356 e. The fraction of sp³-hybridized carbons (Fsp3) is 0.474. The van der Waals surface area contributed by atoms with Crippen molar-refractivity contribution in [1.82, 2.24) is 20.4 Å². The Labute approximate surface area is 152 Å². The minimum absolute atomic E-state index is 0.201. The number of aryl methyl sites for hydroxylation is 1. The van der Waals surface area contributed by atoms with Crippen LogP contribution in [-0.2, 0) is 19.0 Å². The molecule has 0 spiro atoms. The summed E-state index contributed by atoms with van der Waals surface area (Å²) in [5.41, 5.74) is 0.676. The molecule has 1 aliphatic rings. The van der Waals surface area contributed by atoms with Gasteiger partial charge < -0.3 is 10.6 Å². The highest BCUT2D eigenvalue weighted by atomic mass is 19.1. The third-order valence-corrected chi connectivity index (χ3v) is 5.23. The van der Waals surface area contributed by atoms with Gasteiger partial charge in [0.05, 0.1) is 12.2 Å². The van der Waals surface area contributed by atoms with E-state index < -0.39 is 17.0 Å². The Balaban J connectivity index is 1.71. The van der Waals surface area contributed by atoms with Crippen molar-refractivity contribution in [2.75, 3.05) is 13.6 Å². The van der Waals surface area contributed by atoms with Gasteiger partial charge in [-0.1, -0.05) is 18.9 Å². The van der Waals surface area contributed by atoms with Crippen molar-refractivity contribution in [2.45, 2.75) is 37.6 Å². The Morgan fingerprint density at radius 1 is 1.19 bits per heavy atom. The lowest BCUT2D eigenvalue weighted by Crippen LogP contribution is -2.45. The lowest BCUT2D eigenvalue weighted by molar-refractivity contribution is 0.386. The average molecular weight is 361 g/mol. The maximum atomic E-state index is 14.4. The van der Waals surface area contributed by atoms with Gasteiger partial charge in [-0.2, -0.15) is 5.10 Å². The third-order valence-electron chi connectivity index (χ3n) is 5.23. The smallest absolute Gasteiger partial charge is 0.191 e. The van der Waals surface area contributed by atoms with Crippen LogP contribution in [0.1, 0.15) is 36.9 Å². The summed E-state index contributed by atoms with van der Waals surface area (Å²) in [5.74, 6) is -0.327. The molecule has 1 aromatic heterocycles. The molecule has 0 radical (unpaired) electrons. The number of nitrogens with zero attached hydrogens (tertiary/aromatic N) is 3.